The first-order valence-corrected chi connectivity index (χ1v) is 11.7. The molecule has 0 aliphatic carbocycles. The predicted octanol–water partition coefficient (Wildman–Crippen LogP) is 2.06. The first-order valence-electron chi connectivity index (χ1n) is 9.85. The number of likely N-dealkylation sites (tertiary alicyclic amines) is 1. The lowest BCUT2D eigenvalue weighted by Crippen LogP contribution is -2.85. The van der Waals surface area contributed by atoms with Gasteiger partial charge in [0.05, 0.1) is 24.4 Å². The van der Waals surface area contributed by atoms with Crippen LogP contribution in [0.3, 0.4) is 0 Å². The molecule has 0 unspecified atom stereocenters. The summed E-state index contributed by atoms with van der Waals surface area (Å²) in [7, 11) is -3.51. The molecule has 1 amide bonds. The van der Waals surface area contributed by atoms with Crippen molar-refractivity contribution in [3.63, 3.8) is 0 Å². The third-order valence-corrected chi connectivity index (χ3v) is 7.56. The van der Waals surface area contributed by atoms with E-state index in [4.69, 9.17) is 0 Å². The lowest BCUT2D eigenvalue weighted by atomic mass is 9.62. The fourth-order valence-electron chi connectivity index (χ4n) is 5.03. The molecule has 0 aromatic heterocycles. The second-order valence-electron chi connectivity index (χ2n) is 7.98. The smallest absolute Gasteiger partial charge is 0.222 e. The molecule has 2 saturated heterocycles. The SMILES string of the molecule is CCC(=O)N1CC2(C1)[C@@H](c1ccc(-c3ccccc3)cc1)[C@H](CO)N2S(C)(=O)=O. The lowest BCUT2D eigenvalue weighted by molar-refractivity contribution is -0.167. The van der Waals surface area contributed by atoms with Crippen molar-refractivity contribution >= 4 is 15.9 Å². The maximum Gasteiger partial charge on any atom is 0.222 e. The Labute approximate surface area is 171 Å². The quantitative estimate of drug-likeness (QED) is 0.813. The van der Waals surface area contributed by atoms with Gasteiger partial charge >= 0.3 is 0 Å². The third kappa shape index (κ3) is 3.17. The van der Waals surface area contributed by atoms with Crippen molar-refractivity contribution in [1.29, 1.82) is 0 Å². The normalized spacial score (nSPS) is 23.5. The van der Waals surface area contributed by atoms with Gasteiger partial charge in [-0.3, -0.25) is 4.79 Å². The molecule has 2 aliphatic rings. The molecule has 6 nitrogen and oxygen atoms in total. The molecule has 0 radical (unpaired) electrons. The fraction of sp³-hybridized carbons (Fsp3) is 0.409. The van der Waals surface area contributed by atoms with Crippen LogP contribution in [0.1, 0.15) is 24.8 Å². The van der Waals surface area contributed by atoms with Gasteiger partial charge in [-0.15, -0.1) is 0 Å². The Bertz CT molecular complexity index is 999. The summed E-state index contributed by atoms with van der Waals surface area (Å²) in [5.41, 5.74) is 2.52. The molecule has 7 heteroatoms. The maximum atomic E-state index is 12.5. The first-order chi connectivity index (χ1) is 13.8. The van der Waals surface area contributed by atoms with Gasteiger partial charge in [0.2, 0.25) is 15.9 Å². The second kappa shape index (κ2) is 7.23. The van der Waals surface area contributed by atoms with Crippen LogP contribution in [0.4, 0.5) is 0 Å². The number of hydrogen-bond donors (Lipinski definition) is 1. The summed E-state index contributed by atoms with van der Waals surface area (Å²) in [6.45, 7) is 2.29. The van der Waals surface area contributed by atoms with Crippen molar-refractivity contribution in [2.75, 3.05) is 26.0 Å². The monoisotopic (exact) mass is 414 g/mol. The molecule has 2 aromatic rings. The average molecular weight is 415 g/mol. The van der Waals surface area contributed by atoms with Crippen LogP contribution < -0.4 is 0 Å². The number of aliphatic hydroxyl groups is 1. The summed E-state index contributed by atoms with van der Waals surface area (Å²) >= 11 is 0. The van der Waals surface area contributed by atoms with Gasteiger partial charge in [0.25, 0.3) is 0 Å². The van der Waals surface area contributed by atoms with Crippen molar-refractivity contribution in [3.05, 3.63) is 60.2 Å². The Morgan fingerprint density at radius 1 is 1.07 bits per heavy atom. The lowest BCUT2D eigenvalue weighted by Gasteiger charge is -2.69. The summed E-state index contributed by atoms with van der Waals surface area (Å²) in [4.78, 5) is 13.8. The molecular formula is C22H26N2O4S. The third-order valence-electron chi connectivity index (χ3n) is 6.21. The maximum absolute atomic E-state index is 12.5. The summed E-state index contributed by atoms with van der Waals surface area (Å²) in [6.07, 6.45) is 1.57. The number of hydrogen-bond acceptors (Lipinski definition) is 4. The standard InChI is InChI=1S/C22H26N2O4S/c1-3-20(26)23-14-22(15-23)21(19(13-25)24(22)29(2,27)28)18-11-9-17(10-12-18)16-7-5-4-6-8-16/h4-12,19,21,25H,3,13-15H2,1-2H3/t19-,21-/m0/s1. The Hall–Kier alpha value is -2.22. The number of aliphatic hydroxyl groups excluding tert-OH is 1. The van der Waals surface area contributed by atoms with Crippen LogP contribution in [-0.4, -0.2) is 66.2 Å². The molecule has 2 atom stereocenters. The predicted molar refractivity (Wildman–Crippen MR) is 112 cm³/mol. The highest BCUT2D eigenvalue weighted by molar-refractivity contribution is 7.88. The number of nitrogens with zero attached hydrogens (tertiary/aromatic N) is 2. The molecule has 0 bridgehead atoms. The molecule has 2 heterocycles. The van der Waals surface area contributed by atoms with E-state index in [9.17, 15) is 18.3 Å². The van der Waals surface area contributed by atoms with E-state index in [1.54, 1.807) is 11.8 Å². The zero-order chi connectivity index (χ0) is 20.8. The Balaban J connectivity index is 1.67. The van der Waals surface area contributed by atoms with E-state index in [-0.39, 0.29) is 18.4 Å². The highest BCUT2D eigenvalue weighted by Crippen LogP contribution is 2.55. The minimum absolute atomic E-state index is 0.0229. The second-order valence-corrected chi connectivity index (χ2v) is 9.84. The van der Waals surface area contributed by atoms with Gasteiger partial charge in [0.15, 0.2) is 0 Å². The van der Waals surface area contributed by atoms with Crippen LogP contribution in [0.15, 0.2) is 54.6 Å². The molecule has 2 fully saturated rings. The Morgan fingerprint density at radius 3 is 2.17 bits per heavy atom. The van der Waals surface area contributed by atoms with Crippen LogP contribution in [0.25, 0.3) is 11.1 Å². The van der Waals surface area contributed by atoms with Crippen molar-refractivity contribution in [2.24, 2.45) is 0 Å². The highest BCUT2D eigenvalue weighted by atomic mass is 32.2. The molecule has 154 valence electrons. The van der Waals surface area contributed by atoms with Crippen LogP contribution in [0.5, 0.6) is 0 Å². The van der Waals surface area contributed by atoms with E-state index in [0.717, 1.165) is 16.7 Å². The summed E-state index contributed by atoms with van der Waals surface area (Å²) < 4.78 is 26.4. The van der Waals surface area contributed by atoms with Crippen LogP contribution in [0, 0.1) is 0 Å². The molecule has 1 spiro atoms. The molecule has 1 N–H and O–H groups in total. The van der Waals surface area contributed by atoms with E-state index < -0.39 is 21.6 Å². The summed E-state index contributed by atoms with van der Waals surface area (Å²) in [6, 6.07) is 17.6. The fourth-order valence-corrected chi connectivity index (χ4v) is 6.60. The van der Waals surface area contributed by atoms with Crippen molar-refractivity contribution in [3.8, 4) is 11.1 Å². The van der Waals surface area contributed by atoms with E-state index in [1.165, 1.54) is 10.6 Å². The van der Waals surface area contributed by atoms with Gasteiger partial charge in [-0.05, 0) is 16.7 Å². The van der Waals surface area contributed by atoms with Crippen LogP contribution >= 0.6 is 0 Å². The first kappa shape index (κ1) is 20.1. The molecule has 4 rings (SSSR count). The van der Waals surface area contributed by atoms with Crippen molar-refractivity contribution in [2.45, 2.75) is 30.8 Å². The zero-order valence-corrected chi connectivity index (χ0v) is 17.5. The molecular weight excluding hydrogens is 388 g/mol. The van der Waals surface area contributed by atoms with E-state index in [2.05, 4.69) is 0 Å². The van der Waals surface area contributed by atoms with Gasteiger partial charge in [-0.2, -0.15) is 4.31 Å². The zero-order valence-electron chi connectivity index (χ0n) is 16.7. The van der Waals surface area contributed by atoms with Gasteiger partial charge in [-0.1, -0.05) is 61.5 Å². The number of rotatable bonds is 5. The molecule has 0 saturated carbocycles. The van der Waals surface area contributed by atoms with Crippen LogP contribution in [0.2, 0.25) is 0 Å². The molecule has 2 aromatic carbocycles. The highest BCUT2D eigenvalue weighted by Gasteiger charge is 2.69. The van der Waals surface area contributed by atoms with Gasteiger partial charge in [0.1, 0.15) is 0 Å². The number of carbonyl (C=O) groups is 1. The largest absolute Gasteiger partial charge is 0.395 e. The summed E-state index contributed by atoms with van der Waals surface area (Å²) in [5, 5.41) is 9.97. The Kier molecular flexibility index (Phi) is 5.01. The van der Waals surface area contributed by atoms with Gasteiger partial charge < -0.3 is 10.0 Å². The van der Waals surface area contributed by atoms with Crippen molar-refractivity contribution < 1.29 is 18.3 Å². The topological polar surface area (TPSA) is 77.9 Å². The number of sulfonamides is 1. The number of carbonyl (C=O) groups excluding carboxylic acids is 1. The minimum atomic E-state index is -3.51. The molecule has 29 heavy (non-hydrogen) atoms. The summed E-state index contributed by atoms with van der Waals surface area (Å²) in [5.74, 6) is -0.123. The van der Waals surface area contributed by atoms with Crippen LogP contribution in [-0.2, 0) is 14.8 Å². The van der Waals surface area contributed by atoms with Crippen molar-refractivity contribution in [1.82, 2.24) is 9.21 Å². The van der Waals surface area contributed by atoms with E-state index in [0.29, 0.717) is 19.5 Å². The van der Waals surface area contributed by atoms with Gasteiger partial charge in [0, 0.05) is 25.4 Å². The molecule has 2 aliphatic heterocycles. The minimum Gasteiger partial charge on any atom is -0.395 e. The van der Waals surface area contributed by atoms with Gasteiger partial charge in [-0.25, -0.2) is 8.42 Å². The van der Waals surface area contributed by atoms with E-state index >= 15 is 0 Å². The number of benzene rings is 2. The van der Waals surface area contributed by atoms with E-state index in [1.807, 2.05) is 54.6 Å². The Morgan fingerprint density at radius 2 is 1.66 bits per heavy atom. The average Bonchev–Trinajstić information content (AvgIpc) is 2.66. The number of amides is 1.